The van der Waals surface area contributed by atoms with E-state index in [2.05, 4.69) is 11.0 Å². The smallest absolute Gasteiger partial charge is 0.248 e. The van der Waals surface area contributed by atoms with Crippen molar-refractivity contribution < 1.29 is 9.90 Å². The molecule has 2 aliphatic rings. The van der Waals surface area contributed by atoms with Gasteiger partial charge in [-0.1, -0.05) is 24.3 Å². The number of hydrogen-bond acceptors (Lipinski definition) is 4. The number of rotatable bonds is 1. The maximum atomic E-state index is 12.9. The zero-order valence-electron chi connectivity index (χ0n) is 12.8. The van der Waals surface area contributed by atoms with Gasteiger partial charge in [-0.15, -0.1) is 0 Å². The van der Waals surface area contributed by atoms with Gasteiger partial charge in [0.15, 0.2) is 0 Å². The zero-order valence-corrected chi connectivity index (χ0v) is 12.8. The van der Waals surface area contributed by atoms with Crippen molar-refractivity contribution in [2.75, 3.05) is 11.4 Å². The molecule has 0 radical (unpaired) electrons. The molecule has 2 aliphatic heterocycles. The van der Waals surface area contributed by atoms with Crippen molar-refractivity contribution in [3.05, 3.63) is 42.0 Å². The largest absolute Gasteiger partial charge is 0.391 e. The standard InChI is InChI=1S/C18H17N3O2/c1-11-20-9-8-16(22)17(20)18(23)21(11)15-7-6-12(10-19)13-4-2-3-5-14(13)15/h2-7,11,16-17,22H,8-9H2,1H3/t11-,16+,17+/m1/s1. The predicted molar refractivity (Wildman–Crippen MR) is 86.7 cm³/mol. The molecule has 1 amide bonds. The van der Waals surface area contributed by atoms with Crippen LogP contribution < -0.4 is 4.90 Å². The van der Waals surface area contributed by atoms with E-state index in [0.29, 0.717) is 12.0 Å². The highest BCUT2D eigenvalue weighted by Gasteiger charge is 2.51. The third kappa shape index (κ3) is 1.89. The lowest BCUT2D eigenvalue weighted by Crippen LogP contribution is -2.37. The Hall–Kier alpha value is -2.42. The first-order valence-electron chi connectivity index (χ1n) is 7.82. The molecule has 0 bridgehead atoms. The number of amides is 1. The molecule has 2 aromatic rings. The van der Waals surface area contributed by atoms with Crippen molar-refractivity contribution in [1.29, 1.82) is 5.26 Å². The van der Waals surface area contributed by atoms with Crippen molar-refractivity contribution in [3.63, 3.8) is 0 Å². The Labute approximate surface area is 134 Å². The summed E-state index contributed by atoms with van der Waals surface area (Å²) in [6, 6.07) is 13.0. The predicted octanol–water partition coefficient (Wildman–Crippen LogP) is 1.84. The fourth-order valence-electron chi connectivity index (χ4n) is 3.91. The van der Waals surface area contributed by atoms with Gasteiger partial charge in [0, 0.05) is 17.3 Å². The summed E-state index contributed by atoms with van der Waals surface area (Å²) in [6.07, 6.45) is -0.0523. The van der Waals surface area contributed by atoms with Crippen LogP contribution in [-0.2, 0) is 4.79 Å². The average Bonchev–Trinajstić information content (AvgIpc) is 3.07. The topological polar surface area (TPSA) is 67.6 Å². The summed E-state index contributed by atoms with van der Waals surface area (Å²) in [5, 5.41) is 21.1. The summed E-state index contributed by atoms with van der Waals surface area (Å²) < 4.78 is 0. The summed E-state index contributed by atoms with van der Waals surface area (Å²) in [6.45, 7) is 2.71. The van der Waals surface area contributed by atoms with E-state index < -0.39 is 12.1 Å². The molecular weight excluding hydrogens is 290 g/mol. The monoisotopic (exact) mass is 307 g/mol. The van der Waals surface area contributed by atoms with Gasteiger partial charge >= 0.3 is 0 Å². The first-order valence-corrected chi connectivity index (χ1v) is 7.82. The number of carbonyl (C=O) groups is 1. The normalized spacial score (nSPS) is 27.4. The quantitative estimate of drug-likeness (QED) is 0.873. The number of anilines is 1. The summed E-state index contributed by atoms with van der Waals surface area (Å²) in [7, 11) is 0. The fourth-order valence-corrected chi connectivity index (χ4v) is 3.91. The van der Waals surface area contributed by atoms with E-state index in [1.807, 2.05) is 37.3 Å². The van der Waals surface area contributed by atoms with Gasteiger partial charge in [-0.05, 0) is 25.5 Å². The van der Waals surface area contributed by atoms with Crippen LogP contribution in [0.1, 0.15) is 18.9 Å². The van der Waals surface area contributed by atoms with Gasteiger partial charge in [0.1, 0.15) is 6.04 Å². The maximum absolute atomic E-state index is 12.9. The second-order valence-corrected chi connectivity index (χ2v) is 6.17. The van der Waals surface area contributed by atoms with Crippen LogP contribution in [0, 0.1) is 11.3 Å². The highest BCUT2D eigenvalue weighted by molar-refractivity contribution is 6.08. The molecule has 0 aliphatic carbocycles. The lowest BCUT2D eigenvalue weighted by atomic mass is 10.0. The van der Waals surface area contributed by atoms with Crippen molar-refractivity contribution in [1.82, 2.24) is 4.90 Å². The molecule has 3 atom stereocenters. The minimum Gasteiger partial charge on any atom is -0.391 e. The molecular formula is C18H17N3O2. The minimum absolute atomic E-state index is 0.0580. The van der Waals surface area contributed by atoms with Crippen LogP contribution >= 0.6 is 0 Å². The van der Waals surface area contributed by atoms with Gasteiger partial charge in [-0.3, -0.25) is 14.6 Å². The van der Waals surface area contributed by atoms with E-state index >= 15 is 0 Å². The first-order chi connectivity index (χ1) is 11.1. The van der Waals surface area contributed by atoms with Crippen molar-refractivity contribution in [3.8, 4) is 6.07 Å². The van der Waals surface area contributed by atoms with E-state index in [0.717, 1.165) is 23.0 Å². The maximum Gasteiger partial charge on any atom is 0.248 e. The van der Waals surface area contributed by atoms with Crippen LogP contribution in [0.4, 0.5) is 5.69 Å². The molecule has 2 saturated heterocycles. The summed E-state index contributed by atoms with van der Waals surface area (Å²) >= 11 is 0. The van der Waals surface area contributed by atoms with Crippen LogP contribution in [0.3, 0.4) is 0 Å². The third-order valence-corrected chi connectivity index (χ3v) is 5.03. The van der Waals surface area contributed by atoms with Crippen LogP contribution in [0.15, 0.2) is 36.4 Å². The van der Waals surface area contributed by atoms with E-state index in [4.69, 9.17) is 0 Å². The SMILES string of the molecule is C[C@H]1N(c2ccc(C#N)c3ccccc23)C(=O)[C@@H]2[C@@H](O)CCN21. The molecule has 0 aromatic heterocycles. The summed E-state index contributed by atoms with van der Waals surface area (Å²) in [5.41, 5.74) is 1.41. The second kappa shape index (κ2) is 5.05. The fraction of sp³-hybridized carbons (Fsp3) is 0.333. The Balaban J connectivity index is 1.88. The molecule has 0 unspecified atom stereocenters. The highest BCUT2D eigenvalue weighted by atomic mass is 16.3. The number of nitriles is 1. The Morgan fingerprint density at radius 2 is 1.96 bits per heavy atom. The molecule has 4 rings (SSSR count). The van der Waals surface area contributed by atoms with E-state index in [1.165, 1.54) is 0 Å². The molecule has 23 heavy (non-hydrogen) atoms. The lowest BCUT2D eigenvalue weighted by molar-refractivity contribution is -0.121. The van der Waals surface area contributed by atoms with Crippen LogP contribution in [-0.4, -0.2) is 40.8 Å². The summed E-state index contributed by atoms with van der Waals surface area (Å²) in [5.74, 6) is -0.0580. The van der Waals surface area contributed by atoms with Crippen LogP contribution in [0.25, 0.3) is 10.8 Å². The molecule has 2 aromatic carbocycles. The number of nitrogens with zero attached hydrogens (tertiary/aromatic N) is 3. The number of aliphatic hydroxyl groups is 1. The lowest BCUT2D eigenvalue weighted by Gasteiger charge is -2.27. The Morgan fingerprint density at radius 3 is 2.65 bits per heavy atom. The number of hydrogen-bond donors (Lipinski definition) is 1. The average molecular weight is 307 g/mol. The highest BCUT2D eigenvalue weighted by Crippen LogP contribution is 2.38. The Kier molecular flexibility index (Phi) is 3.12. The summed E-state index contributed by atoms with van der Waals surface area (Å²) in [4.78, 5) is 16.7. The molecule has 116 valence electrons. The Morgan fingerprint density at radius 1 is 1.22 bits per heavy atom. The zero-order chi connectivity index (χ0) is 16.1. The second-order valence-electron chi connectivity index (χ2n) is 6.17. The molecule has 0 saturated carbocycles. The van der Waals surface area contributed by atoms with E-state index in [9.17, 15) is 15.2 Å². The van der Waals surface area contributed by atoms with Gasteiger partial charge in [-0.2, -0.15) is 5.26 Å². The van der Waals surface area contributed by atoms with Gasteiger partial charge in [0.25, 0.3) is 0 Å². The van der Waals surface area contributed by atoms with Crippen LogP contribution in [0.5, 0.6) is 0 Å². The molecule has 5 heteroatoms. The third-order valence-electron chi connectivity index (χ3n) is 5.03. The van der Waals surface area contributed by atoms with E-state index in [1.54, 1.807) is 11.0 Å². The number of fused-ring (bicyclic) bond motifs is 2. The molecule has 0 spiro atoms. The van der Waals surface area contributed by atoms with Crippen molar-refractivity contribution in [2.45, 2.75) is 31.7 Å². The van der Waals surface area contributed by atoms with Gasteiger partial charge in [0.2, 0.25) is 5.91 Å². The van der Waals surface area contributed by atoms with Gasteiger partial charge in [-0.25, -0.2) is 0 Å². The van der Waals surface area contributed by atoms with Gasteiger partial charge in [0.05, 0.1) is 29.6 Å². The molecule has 2 fully saturated rings. The number of aliphatic hydroxyl groups excluding tert-OH is 1. The molecule has 1 N–H and O–H groups in total. The number of carbonyl (C=O) groups excluding carboxylic acids is 1. The first kappa shape index (κ1) is 14.2. The minimum atomic E-state index is -0.598. The van der Waals surface area contributed by atoms with Crippen LogP contribution in [0.2, 0.25) is 0 Å². The van der Waals surface area contributed by atoms with Crippen molar-refractivity contribution in [2.24, 2.45) is 0 Å². The number of benzene rings is 2. The van der Waals surface area contributed by atoms with Crippen molar-refractivity contribution >= 4 is 22.4 Å². The molecule has 5 nitrogen and oxygen atoms in total. The van der Waals surface area contributed by atoms with Gasteiger partial charge < -0.3 is 5.11 Å². The molecule has 2 heterocycles. The van der Waals surface area contributed by atoms with E-state index in [-0.39, 0.29) is 12.1 Å². The Bertz CT molecular complexity index is 842.